The number of hydrogen-bond donors (Lipinski definition) is 0. The molecule has 0 saturated heterocycles. The molecule has 0 aromatic carbocycles. The molecule has 7 heteroatoms. The lowest BCUT2D eigenvalue weighted by Crippen LogP contribution is -2.35. The van der Waals surface area contributed by atoms with Gasteiger partial charge in [0.1, 0.15) is 0 Å². The van der Waals surface area contributed by atoms with Crippen molar-refractivity contribution >= 4 is 46.4 Å². The van der Waals surface area contributed by atoms with E-state index in [1.54, 1.807) is 0 Å². The van der Waals surface area contributed by atoms with Gasteiger partial charge < -0.3 is 0 Å². The van der Waals surface area contributed by atoms with Gasteiger partial charge in [-0.05, 0) is 0 Å². The zero-order chi connectivity index (χ0) is 8.58. The van der Waals surface area contributed by atoms with Crippen molar-refractivity contribution < 1.29 is 13.2 Å². The van der Waals surface area contributed by atoms with Crippen LogP contribution in [-0.2, 0) is 0 Å². The molecule has 0 saturated carbocycles. The second kappa shape index (κ2) is 3.13. The minimum atomic E-state index is -3.42. The van der Waals surface area contributed by atoms with Gasteiger partial charge in [0.15, 0.2) is 0 Å². The highest BCUT2D eigenvalue weighted by Gasteiger charge is 2.50. The van der Waals surface area contributed by atoms with Gasteiger partial charge in [0.05, 0.1) is 0 Å². The second-order valence-corrected chi connectivity index (χ2v) is 4.03. The molecule has 0 radical (unpaired) electrons. The van der Waals surface area contributed by atoms with E-state index in [-0.39, 0.29) is 0 Å². The quantitative estimate of drug-likeness (QED) is 0.643. The first kappa shape index (κ1) is 11.0. The molecule has 0 atom stereocenters. The van der Waals surface area contributed by atoms with Crippen LogP contribution in [0.15, 0.2) is 0 Å². The summed E-state index contributed by atoms with van der Waals surface area (Å²) in [7, 11) is 0. The van der Waals surface area contributed by atoms with E-state index in [9.17, 15) is 13.2 Å². The third-order valence-electron chi connectivity index (χ3n) is 0.575. The number of hydrogen-bond acceptors (Lipinski definition) is 0. The zero-order valence-corrected chi connectivity index (χ0v) is 7.25. The molecule has 0 aliphatic rings. The van der Waals surface area contributed by atoms with Gasteiger partial charge >= 0.3 is 0 Å². The number of halogens is 7. The summed E-state index contributed by atoms with van der Waals surface area (Å²) in [5.41, 5.74) is 0. The van der Waals surface area contributed by atoms with Crippen molar-refractivity contribution in [3.63, 3.8) is 0 Å². The van der Waals surface area contributed by atoms with E-state index in [1.165, 1.54) is 0 Å². The van der Waals surface area contributed by atoms with E-state index in [0.29, 0.717) is 0 Å². The molecule has 0 heterocycles. The molecule has 0 rings (SSSR count). The largest absolute Gasteiger partial charge is 0.294 e. The van der Waals surface area contributed by atoms with Crippen LogP contribution in [0.25, 0.3) is 0 Å². The Balaban J connectivity index is 4.23. The SMILES string of the molecule is FC(C(F)(Cl)Cl)C(F)(Cl)Cl. The summed E-state index contributed by atoms with van der Waals surface area (Å²) in [6.45, 7) is 0. The lowest BCUT2D eigenvalue weighted by atomic mass is 10.4. The predicted octanol–water partition coefficient (Wildman–Crippen LogP) is 3.53. The maximum absolute atomic E-state index is 12.1. The van der Waals surface area contributed by atoms with E-state index >= 15 is 0 Å². The van der Waals surface area contributed by atoms with Crippen molar-refractivity contribution in [1.82, 2.24) is 0 Å². The zero-order valence-electron chi connectivity index (χ0n) is 4.22. The molecule has 0 unspecified atom stereocenters. The fourth-order valence-corrected chi connectivity index (χ4v) is 1.01. The highest BCUT2D eigenvalue weighted by Crippen LogP contribution is 2.41. The molecule has 0 aliphatic carbocycles. The molecule has 0 fully saturated rings. The summed E-state index contributed by atoms with van der Waals surface area (Å²) in [5, 5.41) is 0. The van der Waals surface area contributed by atoms with Crippen molar-refractivity contribution in [3.8, 4) is 0 Å². The molecule has 62 valence electrons. The number of rotatable bonds is 2. The van der Waals surface area contributed by atoms with E-state index in [0.717, 1.165) is 0 Å². The molecular weight excluding hydrogens is 235 g/mol. The first-order valence-electron chi connectivity index (χ1n) is 1.93. The minimum absolute atomic E-state index is 3.01. The molecule has 0 amide bonds. The Bertz CT molecular complexity index is 99.9. The fourth-order valence-electron chi connectivity index (χ4n) is 0.186. The average molecular weight is 236 g/mol. The summed E-state index contributed by atoms with van der Waals surface area (Å²) in [5.74, 6) is 0. The fraction of sp³-hybridized carbons (Fsp3) is 1.00. The maximum Gasteiger partial charge on any atom is 0.294 e. The highest BCUT2D eigenvalue weighted by atomic mass is 35.5. The molecular formula is C3HCl4F3. The summed E-state index contributed by atoms with van der Waals surface area (Å²) < 4.78 is 29.4. The van der Waals surface area contributed by atoms with Crippen LogP contribution in [0.4, 0.5) is 13.2 Å². The van der Waals surface area contributed by atoms with Gasteiger partial charge in [-0.15, -0.1) is 0 Å². The molecule has 0 aromatic rings. The van der Waals surface area contributed by atoms with Crippen molar-refractivity contribution in [3.05, 3.63) is 0 Å². The van der Waals surface area contributed by atoms with Crippen LogP contribution in [0.3, 0.4) is 0 Å². The predicted molar refractivity (Wildman–Crippen MR) is 36.0 cm³/mol. The van der Waals surface area contributed by atoms with Gasteiger partial charge in [0, 0.05) is 0 Å². The summed E-state index contributed by atoms with van der Waals surface area (Å²) in [6, 6.07) is 0. The Kier molecular flexibility index (Phi) is 3.43. The van der Waals surface area contributed by atoms with Crippen molar-refractivity contribution in [2.75, 3.05) is 0 Å². The molecule has 10 heavy (non-hydrogen) atoms. The van der Waals surface area contributed by atoms with E-state index in [1.807, 2.05) is 0 Å². The molecule has 0 bridgehead atoms. The lowest BCUT2D eigenvalue weighted by Gasteiger charge is -2.19. The number of alkyl halides is 7. The molecule has 0 aliphatic heterocycles. The average Bonchev–Trinajstić information content (AvgIpc) is 1.59. The van der Waals surface area contributed by atoms with Gasteiger partial charge in [0.25, 0.3) is 9.17 Å². The highest BCUT2D eigenvalue weighted by molar-refractivity contribution is 6.52. The van der Waals surface area contributed by atoms with Gasteiger partial charge in [0.2, 0.25) is 6.17 Å². The van der Waals surface area contributed by atoms with Gasteiger partial charge in [-0.3, -0.25) is 0 Å². The normalized spacial score (nSPS) is 14.4. The Morgan fingerprint density at radius 1 is 0.900 bits per heavy atom. The van der Waals surface area contributed by atoms with E-state index in [2.05, 4.69) is 46.4 Å². The van der Waals surface area contributed by atoms with Crippen molar-refractivity contribution in [2.45, 2.75) is 15.3 Å². The van der Waals surface area contributed by atoms with Crippen LogP contribution in [0.5, 0.6) is 0 Å². The van der Waals surface area contributed by atoms with Gasteiger partial charge in [-0.2, -0.15) is 0 Å². The van der Waals surface area contributed by atoms with Crippen LogP contribution < -0.4 is 0 Å². The molecule has 0 N–H and O–H groups in total. The van der Waals surface area contributed by atoms with E-state index < -0.39 is 15.3 Å². The third kappa shape index (κ3) is 3.37. The monoisotopic (exact) mass is 234 g/mol. The first-order chi connectivity index (χ1) is 4.15. The molecule has 0 nitrogen and oxygen atoms in total. The topological polar surface area (TPSA) is 0 Å². The van der Waals surface area contributed by atoms with E-state index in [4.69, 9.17) is 0 Å². The van der Waals surface area contributed by atoms with Crippen LogP contribution in [-0.4, -0.2) is 15.3 Å². The van der Waals surface area contributed by atoms with Gasteiger partial charge in [-0.1, -0.05) is 46.4 Å². The van der Waals surface area contributed by atoms with Gasteiger partial charge in [-0.25, -0.2) is 13.2 Å². The Labute approximate surface area is 75.2 Å². The standard InChI is InChI=1S/C3HCl4F3/c4-2(5,9)1(8)3(6,7)10/h1H. The third-order valence-corrected chi connectivity index (χ3v) is 1.34. The minimum Gasteiger partial charge on any atom is -0.235 e. The summed E-state index contributed by atoms with van der Waals surface area (Å²) >= 11 is 17.9. The Morgan fingerprint density at radius 3 is 1.10 bits per heavy atom. The second-order valence-electron chi connectivity index (χ2n) is 1.45. The summed E-state index contributed by atoms with van der Waals surface area (Å²) in [4.78, 5) is 0. The summed E-state index contributed by atoms with van der Waals surface area (Å²) in [6.07, 6.45) is -3.01. The van der Waals surface area contributed by atoms with Crippen molar-refractivity contribution in [2.24, 2.45) is 0 Å². The van der Waals surface area contributed by atoms with Crippen LogP contribution in [0.1, 0.15) is 0 Å². The lowest BCUT2D eigenvalue weighted by molar-refractivity contribution is 0.121. The smallest absolute Gasteiger partial charge is 0.235 e. The van der Waals surface area contributed by atoms with Crippen molar-refractivity contribution in [1.29, 1.82) is 0 Å². The first-order valence-corrected chi connectivity index (χ1v) is 3.44. The van der Waals surface area contributed by atoms with Crippen LogP contribution in [0.2, 0.25) is 0 Å². The van der Waals surface area contributed by atoms with Crippen LogP contribution in [0, 0.1) is 0 Å². The maximum atomic E-state index is 12.1. The molecule has 0 spiro atoms. The molecule has 0 aromatic heterocycles. The Morgan fingerprint density at radius 2 is 1.10 bits per heavy atom. The Hall–Kier alpha value is 0.950. The van der Waals surface area contributed by atoms with Crippen LogP contribution >= 0.6 is 46.4 Å².